The molecule has 34 heavy (non-hydrogen) atoms. The summed E-state index contributed by atoms with van der Waals surface area (Å²) in [5.74, 6) is -0.941. The molecule has 0 saturated carbocycles. The number of ketones is 2. The number of nitrogens with one attached hydrogen (secondary N) is 2. The molecule has 4 N–H and O–H groups in total. The third-order valence-corrected chi connectivity index (χ3v) is 5.67. The first-order valence-electron chi connectivity index (χ1n) is 10.8. The van der Waals surface area contributed by atoms with Gasteiger partial charge in [0.1, 0.15) is 18.9 Å². The molecule has 0 unspecified atom stereocenters. The van der Waals surface area contributed by atoms with Crippen molar-refractivity contribution >= 4 is 34.6 Å². The third kappa shape index (κ3) is 4.11. The number of fused-ring (bicyclic) bond motifs is 2. The van der Waals surface area contributed by atoms with Crippen LogP contribution in [0, 0.1) is 0 Å². The van der Waals surface area contributed by atoms with Crippen LogP contribution in [0.4, 0.5) is 17.1 Å². The molecule has 174 valence electrons. The number of hydrogen-bond acceptors (Lipinski definition) is 7. The molecule has 8 nitrogen and oxygen atoms in total. The minimum atomic E-state index is -0.492. The van der Waals surface area contributed by atoms with E-state index in [2.05, 4.69) is 5.32 Å². The summed E-state index contributed by atoms with van der Waals surface area (Å²) in [5.41, 5.74) is 8.19. The van der Waals surface area contributed by atoms with Gasteiger partial charge in [0.25, 0.3) is 0 Å². The lowest BCUT2D eigenvalue weighted by molar-refractivity contribution is -0.858. The van der Waals surface area contributed by atoms with E-state index < -0.39 is 5.97 Å². The Balaban J connectivity index is 1.79. The lowest BCUT2D eigenvalue weighted by atomic mass is 9.82. The summed E-state index contributed by atoms with van der Waals surface area (Å²) in [6, 6.07) is 15.0. The Bertz CT molecular complexity index is 1300. The summed E-state index contributed by atoms with van der Waals surface area (Å²) >= 11 is 0. The molecule has 0 fully saturated rings. The lowest BCUT2D eigenvalue weighted by Crippen LogP contribution is -3.06. The van der Waals surface area contributed by atoms with E-state index in [1.54, 1.807) is 54.6 Å². The van der Waals surface area contributed by atoms with E-state index >= 15 is 0 Å². The maximum atomic E-state index is 13.5. The number of carbonyl (C=O) groups is 3. The number of esters is 1. The molecule has 1 aliphatic carbocycles. The van der Waals surface area contributed by atoms with E-state index in [9.17, 15) is 14.4 Å². The quantitative estimate of drug-likeness (QED) is 0.286. The van der Waals surface area contributed by atoms with E-state index in [1.807, 2.05) is 14.1 Å². The van der Waals surface area contributed by atoms with Gasteiger partial charge in [-0.05, 0) is 12.1 Å². The lowest BCUT2D eigenvalue weighted by Gasteiger charge is -2.24. The Labute approximate surface area is 197 Å². The Kier molecular flexibility index (Phi) is 6.34. The van der Waals surface area contributed by atoms with Crippen molar-refractivity contribution in [3.63, 3.8) is 0 Å². The molecule has 8 heteroatoms. The van der Waals surface area contributed by atoms with Crippen LogP contribution < -0.4 is 20.7 Å². The van der Waals surface area contributed by atoms with Gasteiger partial charge in [-0.2, -0.15) is 0 Å². The molecular weight excluding hydrogens is 434 g/mol. The maximum Gasteiger partial charge on any atom is 0.340 e. The van der Waals surface area contributed by atoms with E-state index in [-0.39, 0.29) is 46.3 Å². The number of quaternary nitrogens is 1. The highest BCUT2D eigenvalue weighted by Crippen LogP contribution is 2.41. The fourth-order valence-corrected chi connectivity index (χ4v) is 3.90. The Morgan fingerprint density at radius 3 is 2.21 bits per heavy atom. The molecule has 3 aromatic carbocycles. The molecule has 0 bridgehead atoms. The van der Waals surface area contributed by atoms with Gasteiger partial charge in [0.15, 0.2) is 11.6 Å². The van der Waals surface area contributed by atoms with Crippen LogP contribution in [0.2, 0.25) is 0 Å². The molecule has 0 amide bonds. The van der Waals surface area contributed by atoms with Gasteiger partial charge in [-0.25, -0.2) is 4.79 Å². The number of likely N-dealkylation sites (N-methyl/N-ethyl adjacent to an activating group) is 1. The highest BCUT2D eigenvalue weighted by molar-refractivity contribution is 6.32. The number of anilines is 3. The van der Waals surface area contributed by atoms with Gasteiger partial charge in [-0.15, -0.1) is 0 Å². The number of nitrogens with two attached hydrogens (primary N) is 1. The SMILES string of the molecule is COc1cc(Nc2ccccc2C(=O)OCC[NH+](C)C)c2c(c1N)C(=O)c1ccccc1C2=O. The van der Waals surface area contributed by atoms with Gasteiger partial charge < -0.3 is 25.4 Å². The second kappa shape index (κ2) is 9.36. The van der Waals surface area contributed by atoms with Gasteiger partial charge in [0.2, 0.25) is 0 Å². The number of para-hydroxylation sites is 1. The minimum Gasteiger partial charge on any atom is -0.494 e. The molecule has 0 aliphatic heterocycles. The summed E-state index contributed by atoms with van der Waals surface area (Å²) in [4.78, 5) is 40.7. The van der Waals surface area contributed by atoms with Crippen molar-refractivity contribution in [1.82, 2.24) is 0 Å². The van der Waals surface area contributed by atoms with Crippen molar-refractivity contribution in [2.45, 2.75) is 0 Å². The number of rotatable bonds is 7. The maximum absolute atomic E-state index is 13.5. The molecule has 4 rings (SSSR count). The summed E-state index contributed by atoms with van der Waals surface area (Å²) in [5, 5.41) is 3.15. The average Bonchev–Trinajstić information content (AvgIpc) is 2.83. The van der Waals surface area contributed by atoms with Gasteiger partial charge >= 0.3 is 5.97 Å². The van der Waals surface area contributed by atoms with Crippen LogP contribution in [0.3, 0.4) is 0 Å². The first-order chi connectivity index (χ1) is 16.3. The molecular formula is C26H26N3O5+. The van der Waals surface area contributed by atoms with Crippen LogP contribution in [0.1, 0.15) is 42.2 Å². The smallest absolute Gasteiger partial charge is 0.340 e. The van der Waals surface area contributed by atoms with Crippen molar-refractivity contribution in [3.05, 3.63) is 82.4 Å². The van der Waals surface area contributed by atoms with Crippen LogP contribution in [0.5, 0.6) is 5.75 Å². The Morgan fingerprint density at radius 2 is 1.56 bits per heavy atom. The number of nitrogen functional groups attached to an aromatic ring is 1. The summed E-state index contributed by atoms with van der Waals surface area (Å²) < 4.78 is 10.8. The molecule has 0 saturated heterocycles. The predicted molar refractivity (Wildman–Crippen MR) is 128 cm³/mol. The van der Waals surface area contributed by atoms with Crippen molar-refractivity contribution in [1.29, 1.82) is 0 Å². The van der Waals surface area contributed by atoms with E-state index in [0.717, 1.165) is 4.90 Å². The first kappa shape index (κ1) is 23.0. The summed E-state index contributed by atoms with van der Waals surface area (Å²) in [6.07, 6.45) is 0. The average molecular weight is 461 g/mol. The third-order valence-electron chi connectivity index (χ3n) is 5.67. The van der Waals surface area contributed by atoms with Crippen molar-refractivity contribution < 1.29 is 28.8 Å². The zero-order chi connectivity index (χ0) is 24.4. The highest BCUT2D eigenvalue weighted by atomic mass is 16.5. The number of ether oxygens (including phenoxy) is 2. The number of hydrogen-bond donors (Lipinski definition) is 3. The van der Waals surface area contributed by atoms with Crippen molar-refractivity contribution in [2.75, 3.05) is 45.4 Å². The second-order valence-electron chi connectivity index (χ2n) is 8.26. The topological polar surface area (TPSA) is 112 Å². The van der Waals surface area contributed by atoms with Crippen molar-refractivity contribution in [3.8, 4) is 5.75 Å². The predicted octanol–water partition coefficient (Wildman–Crippen LogP) is 2.10. The standard InChI is InChI=1S/C26H25N3O5/c1-29(2)12-13-34-26(32)17-10-6-7-11-18(17)28-19-14-20(33-3)23(27)22-21(19)24(30)15-8-4-5-9-16(15)25(22)31/h4-11,14,28H,12-13,27H2,1-3H3/p+1. The zero-order valence-electron chi connectivity index (χ0n) is 19.2. The van der Waals surface area contributed by atoms with Gasteiger partial charge in [-0.1, -0.05) is 36.4 Å². The molecule has 3 aromatic rings. The van der Waals surface area contributed by atoms with E-state index in [4.69, 9.17) is 15.2 Å². The largest absolute Gasteiger partial charge is 0.494 e. The first-order valence-corrected chi connectivity index (χ1v) is 10.8. The van der Waals surface area contributed by atoms with E-state index in [0.29, 0.717) is 29.0 Å². The Hall–Kier alpha value is -4.17. The van der Waals surface area contributed by atoms with Gasteiger partial charge in [0, 0.05) is 17.2 Å². The zero-order valence-corrected chi connectivity index (χ0v) is 19.2. The molecule has 0 atom stereocenters. The second-order valence-corrected chi connectivity index (χ2v) is 8.26. The summed E-state index contributed by atoms with van der Waals surface area (Å²) in [6.45, 7) is 0.935. The monoisotopic (exact) mass is 460 g/mol. The number of benzene rings is 3. The molecule has 0 heterocycles. The van der Waals surface area contributed by atoms with Crippen molar-refractivity contribution in [2.24, 2.45) is 0 Å². The van der Waals surface area contributed by atoms with Gasteiger partial charge in [-0.3, -0.25) is 9.59 Å². The van der Waals surface area contributed by atoms with E-state index in [1.165, 1.54) is 7.11 Å². The molecule has 0 radical (unpaired) electrons. The molecule has 0 aromatic heterocycles. The summed E-state index contributed by atoms with van der Waals surface area (Å²) in [7, 11) is 5.37. The van der Waals surface area contributed by atoms with Crippen LogP contribution >= 0.6 is 0 Å². The van der Waals surface area contributed by atoms with Crippen LogP contribution in [-0.2, 0) is 4.74 Å². The van der Waals surface area contributed by atoms with Crippen LogP contribution in [0.15, 0.2) is 54.6 Å². The van der Waals surface area contributed by atoms with Crippen LogP contribution in [0.25, 0.3) is 0 Å². The fraction of sp³-hybridized carbons (Fsp3) is 0.192. The number of carbonyl (C=O) groups excluding carboxylic acids is 3. The Morgan fingerprint density at radius 1 is 0.941 bits per heavy atom. The highest BCUT2D eigenvalue weighted by Gasteiger charge is 2.35. The van der Waals surface area contributed by atoms with Crippen LogP contribution in [-0.4, -0.2) is 51.9 Å². The minimum absolute atomic E-state index is 0.0829. The van der Waals surface area contributed by atoms with Gasteiger partial charge in [0.05, 0.1) is 55.0 Å². The number of methoxy groups -OCH3 is 1. The normalized spacial score (nSPS) is 12.2. The molecule has 1 aliphatic rings. The molecule has 0 spiro atoms. The fourth-order valence-electron chi connectivity index (χ4n) is 3.90.